The van der Waals surface area contributed by atoms with Crippen LogP contribution in [0.4, 0.5) is 22.7 Å². The summed E-state index contributed by atoms with van der Waals surface area (Å²) in [6.45, 7) is 0. The molecule has 29 heavy (non-hydrogen) atoms. The maximum absolute atomic E-state index is 11.3. The van der Waals surface area contributed by atoms with E-state index in [1.807, 2.05) is 30.3 Å². The first-order valence-corrected chi connectivity index (χ1v) is 9.03. The van der Waals surface area contributed by atoms with E-state index in [-0.39, 0.29) is 11.4 Å². The van der Waals surface area contributed by atoms with Gasteiger partial charge in [-0.05, 0) is 24.3 Å². The van der Waals surface area contributed by atoms with Crippen LogP contribution in [-0.2, 0) is 0 Å². The van der Waals surface area contributed by atoms with Gasteiger partial charge in [0.25, 0.3) is 5.69 Å². The van der Waals surface area contributed by atoms with Crippen molar-refractivity contribution in [3.8, 4) is 0 Å². The predicted molar refractivity (Wildman–Crippen MR) is 114 cm³/mol. The largest absolute Gasteiger partial charge is 0.398 e. The minimum absolute atomic E-state index is 0.0163. The van der Waals surface area contributed by atoms with Gasteiger partial charge < -0.3 is 5.73 Å². The number of nitrogen functional groups attached to an aromatic ring is 1. The molecule has 9 nitrogen and oxygen atoms in total. The lowest BCUT2D eigenvalue weighted by Crippen LogP contribution is -2.10. The summed E-state index contributed by atoms with van der Waals surface area (Å²) in [6, 6.07) is 17.7. The van der Waals surface area contributed by atoms with Crippen molar-refractivity contribution in [2.75, 3.05) is 11.2 Å². The number of nitrogens with one attached hydrogen (secondary N) is 1. The molecule has 0 aliphatic carbocycles. The zero-order valence-corrected chi connectivity index (χ0v) is 16.4. The molecule has 0 atom stereocenters. The van der Waals surface area contributed by atoms with Crippen LogP contribution in [0.15, 0.2) is 76.3 Å². The minimum atomic E-state index is -0.708. The Labute approximate surface area is 173 Å². The average molecular weight is 456 g/mol. The standard InChI is InChI=1S/C19H14BrN5O4/c20-13-6-8-16(21)15(10-13)19(12-4-2-1-3-5-12)23-22-17-9-7-14(24(26)27)11-18(17)25(28)29/h1-11,22H,21H2/b23-19+. The van der Waals surface area contributed by atoms with Gasteiger partial charge in [-0.25, -0.2) is 0 Å². The van der Waals surface area contributed by atoms with Crippen molar-refractivity contribution < 1.29 is 9.85 Å². The number of nitro groups is 2. The fourth-order valence-corrected chi connectivity index (χ4v) is 2.97. The summed E-state index contributed by atoms with van der Waals surface area (Å²) < 4.78 is 0.784. The number of nitro benzene ring substituents is 2. The van der Waals surface area contributed by atoms with Crippen molar-refractivity contribution in [3.05, 3.63) is 103 Å². The number of hydrazone groups is 1. The number of benzene rings is 3. The van der Waals surface area contributed by atoms with E-state index in [2.05, 4.69) is 26.5 Å². The maximum Gasteiger partial charge on any atom is 0.301 e. The minimum Gasteiger partial charge on any atom is -0.398 e. The Hall–Kier alpha value is -3.79. The van der Waals surface area contributed by atoms with Gasteiger partial charge in [-0.1, -0.05) is 46.3 Å². The molecule has 3 rings (SSSR count). The fraction of sp³-hybridized carbons (Fsp3) is 0. The van der Waals surface area contributed by atoms with Crippen molar-refractivity contribution in [2.24, 2.45) is 5.10 Å². The molecular weight excluding hydrogens is 442 g/mol. The van der Waals surface area contributed by atoms with E-state index in [1.54, 1.807) is 18.2 Å². The van der Waals surface area contributed by atoms with Gasteiger partial charge in [0.2, 0.25) is 0 Å². The molecule has 0 unspecified atom stereocenters. The number of rotatable bonds is 6. The van der Waals surface area contributed by atoms with Crippen molar-refractivity contribution in [2.45, 2.75) is 0 Å². The number of hydrogen-bond acceptors (Lipinski definition) is 7. The molecule has 3 aromatic carbocycles. The van der Waals surface area contributed by atoms with Gasteiger partial charge in [-0.15, -0.1) is 0 Å². The number of anilines is 2. The molecule has 0 bridgehead atoms. The Balaban J connectivity index is 2.10. The van der Waals surface area contributed by atoms with E-state index in [9.17, 15) is 20.2 Å². The number of nitrogens with two attached hydrogens (primary N) is 1. The third kappa shape index (κ3) is 4.55. The van der Waals surface area contributed by atoms with Crippen LogP contribution in [0, 0.1) is 20.2 Å². The predicted octanol–water partition coefficient (Wildman–Crippen LogP) is 4.71. The SMILES string of the molecule is Nc1ccc(Br)cc1/C(=N/Nc1ccc([N+](=O)[O-])cc1[N+](=O)[O-])c1ccccc1. The summed E-state index contributed by atoms with van der Waals surface area (Å²) in [5.41, 5.74) is 10.2. The highest BCUT2D eigenvalue weighted by molar-refractivity contribution is 9.10. The van der Waals surface area contributed by atoms with Crippen molar-refractivity contribution >= 4 is 44.4 Å². The Kier molecular flexibility index (Phi) is 5.84. The van der Waals surface area contributed by atoms with E-state index in [4.69, 9.17) is 5.73 Å². The van der Waals surface area contributed by atoms with Gasteiger partial charge in [-0.2, -0.15) is 5.10 Å². The van der Waals surface area contributed by atoms with E-state index in [1.165, 1.54) is 12.1 Å². The lowest BCUT2D eigenvalue weighted by atomic mass is 10.0. The van der Waals surface area contributed by atoms with Crippen LogP contribution in [-0.4, -0.2) is 15.6 Å². The van der Waals surface area contributed by atoms with Gasteiger partial charge in [0.05, 0.1) is 21.6 Å². The summed E-state index contributed by atoms with van der Waals surface area (Å²) in [5, 5.41) is 26.6. The fourth-order valence-electron chi connectivity index (χ4n) is 2.61. The first-order chi connectivity index (χ1) is 13.9. The maximum atomic E-state index is 11.3. The molecule has 146 valence electrons. The summed E-state index contributed by atoms with van der Waals surface area (Å²) in [5.74, 6) is 0. The molecule has 0 spiro atoms. The summed E-state index contributed by atoms with van der Waals surface area (Å²) >= 11 is 3.40. The van der Waals surface area contributed by atoms with Crippen molar-refractivity contribution in [1.82, 2.24) is 0 Å². The Morgan fingerprint density at radius 1 is 0.966 bits per heavy atom. The monoisotopic (exact) mass is 455 g/mol. The van der Waals surface area contributed by atoms with Gasteiger partial charge in [0.1, 0.15) is 5.69 Å². The third-order valence-electron chi connectivity index (χ3n) is 3.99. The molecule has 0 aliphatic rings. The van der Waals surface area contributed by atoms with Crippen LogP contribution >= 0.6 is 15.9 Å². The highest BCUT2D eigenvalue weighted by atomic mass is 79.9. The topological polar surface area (TPSA) is 137 Å². The number of hydrogen-bond donors (Lipinski definition) is 2. The Bertz CT molecular complexity index is 1120. The number of halogens is 1. The van der Waals surface area contributed by atoms with Crippen LogP contribution < -0.4 is 11.2 Å². The van der Waals surface area contributed by atoms with E-state index < -0.39 is 15.5 Å². The molecule has 0 aliphatic heterocycles. The molecule has 10 heteroatoms. The van der Waals surface area contributed by atoms with Crippen LogP contribution in [0.1, 0.15) is 11.1 Å². The highest BCUT2D eigenvalue weighted by Crippen LogP contribution is 2.29. The zero-order chi connectivity index (χ0) is 21.0. The second kappa shape index (κ2) is 8.48. The van der Waals surface area contributed by atoms with Gasteiger partial charge in [-0.3, -0.25) is 25.7 Å². The van der Waals surface area contributed by atoms with Gasteiger partial charge in [0, 0.05) is 27.4 Å². The molecule has 3 aromatic rings. The van der Waals surface area contributed by atoms with Gasteiger partial charge >= 0.3 is 5.69 Å². The van der Waals surface area contributed by atoms with Crippen LogP contribution in [0.25, 0.3) is 0 Å². The second-order valence-electron chi connectivity index (χ2n) is 5.89. The molecule has 0 radical (unpaired) electrons. The molecule has 3 N–H and O–H groups in total. The lowest BCUT2D eigenvalue weighted by molar-refractivity contribution is -0.393. The highest BCUT2D eigenvalue weighted by Gasteiger charge is 2.20. The zero-order valence-electron chi connectivity index (χ0n) is 14.8. The molecule has 0 heterocycles. The Morgan fingerprint density at radius 3 is 2.34 bits per heavy atom. The van der Waals surface area contributed by atoms with E-state index in [0.717, 1.165) is 16.1 Å². The molecule has 0 amide bonds. The van der Waals surface area contributed by atoms with Crippen LogP contribution in [0.2, 0.25) is 0 Å². The molecule has 0 fully saturated rings. The summed E-state index contributed by atoms with van der Waals surface area (Å²) in [7, 11) is 0. The smallest absolute Gasteiger partial charge is 0.301 e. The molecule has 0 saturated carbocycles. The number of non-ortho nitro benzene ring substituents is 1. The lowest BCUT2D eigenvalue weighted by Gasteiger charge is -2.11. The van der Waals surface area contributed by atoms with Crippen LogP contribution in [0.3, 0.4) is 0 Å². The molecule has 0 aromatic heterocycles. The first kappa shape index (κ1) is 20.0. The second-order valence-corrected chi connectivity index (χ2v) is 6.80. The Morgan fingerprint density at radius 2 is 1.69 bits per heavy atom. The molecular formula is C19H14BrN5O4. The molecule has 0 saturated heterocycles. The first-order valence-electron chi connectivity index (χ1n) is 8.24. The quantitative estimate of drug-likeness (QED) is 0.239. The van der Waals surface area contributed by atoms with Crippen LogP contribution in [0.5, 0.6) is 0 Å². The van der Waals surface area contributed by atoms with Gasteiger partial charge in [0.15, 0.2) is 0 Å². The average Bonchev–Trinajstić information content (AvgIpc) is 2.71. The van der Waals surface area contributed by atoms with E-state index in [0.29, 0.717) is 17.0 Å². The summed E-state index contributed by atoms with van der Waals surface area (Å²) in [6.07, 6.45) is 0. The summed E-state index contributed by atoms with van der Waals surface area (Å²) in [4.78, 5) is 20.9. The van der Waals surface area contributed by atoms with E-state index >= 15 is 0 Å². The van der Waals surface area contributed by atoms with Crippen molar-refractivity contribution in [3.63, 3.8) is 0 Å². The third-order valence-corrected chi connectivity index (χ3v) is 4.49. The number of nitrogens with zero attached hydrogens (tertiary/aromatic N) is 3. The normalized spacial score (nSPS) is 11.1. The van der Waals surface area contributed by atoms with Crippen molar-refractivity contribution in [1.29, 1.82) is 0 Å².